The summed E-state index contributed by atoms with van der Waals surface area (Å²) in [4.78, 5) is 8.99. The van der Waals surface area contributed by atoms with Crippen LogP contribution in [0.3, 0.4) is 0 Å². The molecule has 2 nitrogen and oxygen atoms in total. The Kier molecular flexibility index (Phi) is 3.83. The largest absolute Gasteiger partial charge is 0.242 e. The smallest absolute Gasteiger partial charge is 0.235 e. The lowest BCUT2D eigenvalue weighted by Gasteiger charge is -2.04. The number of nitrogens with zero attached hydrogens (tertiary/aromatic N) is 2. The molecule has 0 aliphatic heterocycles. The van der Waals surface area contributed by atoms with Crippen LogP contribution >= 0.6 is 11.3 Å². The standard InChI is InChI=1S/C22H14F2N2S/c23-19(24)10-13-5-8-17-18(9-13)27-22-20(25-12-26-21(17)22)16-7-6-14-3-1-2-4-15(14)11-16/h1-9,11-12,19H,10H2. The molecule has 0 atom stereocenters. The first-order valence-corrected chi connectivity index (χ1v) is 9.44. The minimum Gasteiger partial charge on any atom is -0.235 e. The highest BCUT2D eigenvalue weighted by Gasteiger charge is 2.14. The summed E-state index contributed by atoms with van der Waals surface area (Å²) >= 11 is 1.56. The Labute approximate surface area is 158 Å². The van der Waals surface area contributed by atoms with E-state index in [1.165, 1.54) is 5.39 Å². The number of rotatable bonds is 3. The average molecular weight is 376 g/mol. The fraction of sp³-hybridized carbons (Fsp3) is 0.0909. The number of benzene rings is 3. The summed E-state index contributed by atoms with van der Waals surface area (Å²) < 4.78 is 27.4. The van der Waals surface area contributed by atoms with Crippen molar-refractivity contribution in [2.24, 2.45) is 0 Å². The molecule has 3 aromatic carbocycles. The molecule has 0 saturated carbocycles. The molecule has 0 radical (unpaired) electrons. The first-order valence-electron chi connectivity index (χ1n) is 8.62. The summed E-state index contributed by atoms with van der Waals surface area (Å²) in [6.07, 6.45) is -0.996. The predicted molar refractivity (Wildman–Crippen MR) is 108 cm³/mol. The maximum atomic E-state index is 12.7. The third-order valence-corrected chi connectivity index (χ3v) is 5.88. The van der Waals surface area contributed by atoms with Crippen LogP contribution in [0.15, 0.2) is 67.0 Å². The Morgan fingerprint density at radius 1 is 0.889 bits per heavy atom. The van der Waals surface area contributed by atoms with Crippen molar-refractivity contribution in [1.82, 2.24) is 9.97 Å². The third kappa shape index (κ3) is 2.84. The van der Waals surface area contributed by atoms with E-state index in [-0.39, 0.29) is 6.42 Å². The van der Waals surface area contributed by atoms with Crippen LogP contribution in [0.1, 0.15) is 5.56 Å². The number of hydrogen-bond acceptors (Lipinski definition) is 3. The van der Waals surface area contributed by atoms with Gasteiger partial charge in [0, 0.05) is 22.1 Å². The van der Waals surface area contributed by atoms with Crippen LogP contribution in [0, 0.1) is 0 Å². The van der Waals surface area contributed by atoms with Crippen molar-refractivity contribution in [2.45, 2.75) is 12.8 Å². The van der Waals surface area contributed by atoms with Gasteiger partial charge >= 0.3 is 0 Å². The Hall–Kier alpha value is -2.92. The summed E-state index contributed by atoms with van der Waals surface area (Å²) in [5.41, 5.74) is 3.42. The maximum Gasteiger partial charge on any atom is 0.242 e. The van der Waals surface area contributed by atoms with E-state index in [2.05, 4.69) is 40.3 Å². The molecule has 0 aliphatic rings. The second kappa shape index (κ2) is 6.35. The van der Waals surface area contributed by atoms with Gasteiger partial charge in [-0.2, -0.15) is 0 Å². The first kappa shape index (κ1) is 16.3. The zero-order valence-electron chi connectivity index (χ0n) is 14.2. The normalized spacial score (nSPS) is 11.8. The molecule has 5 rings (SSSR count). The highest BCUT2D eigenvalue weighted by Crippen LogP contribution is 2.38. The van der Waals surface area contributed by atoms with Crippen LogP contribution in [0.4, 0.5) is 8.78 Å². The van der Waals surface area contributed by atoms with E-state index in [9.17, 15) is 8.78 Å². The molecular weight excluding hydrogens is 362 g/mol. The SMILES string of the molecule is FC(F)Cc1ccc2c(c1)sc1c(-c3ccc4ccccc4c3)ncnc12. The van der Waals surface area contributed by atoms with Crippen LogP contribution in [0.5, 0.6) is 0 Å². The predicted octanol–water partition coefficient (Wildman–Crippen LogP) is 6.47. The Bertz CT molecular complexity index is 1290. The van der Waals surface area contributed by atoms with E-state index < -0.39 is 6.43 Å². The lowest BCUT2D eigenvalue weighted by molar-refractivity contribution is 0.149. The third-order valence-electron chi connectivity index (χ3n) is 4.73. The monoisotopic (exact) mass is 376 g/mol. The summed E-state index contributed by atoms with van der Waals surface area (Å²) in [7, 11) is 0. The number of aromatic nitrogens is 2. The molecule has 0 unspecified atom stereocenters. The molecule has 0 fully saturated rings. The minimum atomic E-state index is -2.34. The molecule has 27 heavy (non-hydrogen) atoms. The van der Waals surface area contributed by atoms with E-state index in [0.29, 0.717) is 5.56 Å². The molecule has 0 amide bonds. The van der Waals surface area contributed by atoms with Gasteiger partial charge in [-0.15, -0.1) is 11.3 Å². The van der Waals surface area contributed by atoms with Crippen molar-refractivity contribution >= 4 is 42.4 Å². The average Bonchev–Trinajstić information content (AvgIpc) is 3.05. The van der Waals surface area contributed by atoms with Crippen LogP contribution in [-0.2, 0) is 6.42 Å². The lowest BCUT2D eigenvalue weighted by Crippen LogP contribution is -1.95. The van der Waals surface area contributed by atoms with Gasteiger partial charge < -0.3 is 0 Å². The van der Waals surface area contributed by atoms with E-state index in [4.69, 9.17) is 0 Å². The summed E-state index contributed by atoms with van der Waals surface area (Å²) in [5.74, 6) is 0. The van der Waals surface area contributed by atoms with Gasteiger partial charge in [0.25, 0.3) is 0 Å². The quantitative estimate of drug-likeness (QED) is 0.360. The molecule has 0 aliphatic carbocycles. The number of fused-ring (bicyclic) bond motifs is 4. The van der Waals surface area contributed by atoms with Gasteiger partial charge in [0.2, 0.25) is 6.43 Å². The minimum absolute atomic E-state index is 0.229. The van der Waals surface area contributed by atoms with E-state index in [1.807, 2.05) is 24.3 Å². The van der Waals surface area contributed by atoms with Crippen molar-refractivity contribution in [1.29, 1.82) is 0 Å². The number of halogens is 2. The van der Waals surface area contributed by atoms with Crippen LogP contribution in [-0.4, -0.2) is 16.4 Å². The summed E-state index contributed by atoms with van der Waals surface area (Å²) in [6.45, 7) is 0. The second-order valence-corrected chi connectivity index (χ2v) is 7.54. The second-order valence-electron chi connectivity index (χ2n) is 6.49. The zero-order valence-corrected chi connectivity index (χ0v) is 15.0. The van der Waals surface area contributed by atoms with Gasteiger partial charge in [0.1, 0.15) is 6.33 Å². The molecule has 0 bridgehead atoms. The lowest BCUT2D eigenvalue weighted by atomic mass is 10.0. The van der Waals surface area contributed by atoms with Gasteiger partial charge in [-0.25, -0.2) is 18.7 Å². The fourth-order valence-corrected chi connectivity index (χ4v) is 4.70. The van der Waals surface area contributed by atoms with Crippen LogP contribution in [0.2, 0.25) is 0 Å². The van der Waals surface area contributed by atoms with E-state index in [0.717, 1.165) is 36.9 Å². The molecule has 0 N–H and O–H groups in total. The summed E-state index contributed by atoms with van der Waals surface area (Å²) in [6, 6.07) is 20.0. The van der Waals surface area contributed by atoms with Crippen molar-refractivity contribution in [3.05, 3.63) is 72.6 Å². The van der Waals surface area contributed by atoms with E-state index >= 15 is 0 Å². The van der Waals surface area contributed by atoms with Crippen LogP contribution < -0.4 is 0 Å². The first-order chi connectivity index (χ1) is 13.2. The molecule has 2 aromatic heterocycles. The van der Waals surface area contributed by atoms with Gasteiger partial charge in [-0.3, -0.25) is 0 Å². The van der Waals surface area contributed by atoms with Crippen molar-refractivity contribution in [3.8, 4) is 11.3 Å². The Morgan fingerprint density at radius 2 is 1.74 bits per heavy atom. The number of thiophene rings is 1. The van der Waals surface area contributed by atoms with Gasteiger partial charge in [0.15, 0.2) is 0 Å². The highest BCUT2D eigenvalue weighted by molar-refractivity contribution is 7.26. The zero-order chi connectivity index (χ0) is 18.4. The molecule has 5 aromatic rings. The number of alkyl halides is 2. The van der Waals surface area contributed by atoms with Crippen LogP contribution in [0.25, 0.3) is 42.3 Å². The molecule has 2 heterocycles. The molecule has 0 saturated heterocycles. The maximum absolute atomic E-state index is 12.7. The Morgan fingerprint density at radius 3 is 2.59 bits per heavy atom. The van der Waals surface area contributed by atoms with Crippen molar-refractivity contribution in [2.75, 3.05) is 0 Å². The molecule has 5 heteroatoms. The van der Waals surface area contributed by atoms with E-state index in [1.54, 1.807) is 23.7 Å². The van der Waals surface area contributed by atoms with Gasteiger partial charge in [-0.1, -0.05) is 48.5 Å². The van der Waals surface area contributed by atoms with Gasteiger partial charge in [0.05, 0.1) is 15.9 Å². The summed E-state index contributed by atoms with van der Waals surface area (Å²) in [5, 5.41) is 3.32. The molecule has 0 spiro atoms. The topological polar surface area (TPSA) is 25.8 Å². The Balaban J connectivity index is 1.71. The van der Waals surface area contributed by atoms with Crippen molar-refractivity contribution in [3.63, 3.8) is 0 Å². The number of hydrogen-bond donors (Lipinski definition) is 0. The van der Waals surface area contributed by atoms with Crippen molar-refractivity contribution < 1.29 is 8.78 Å². The molecule has 132 valence electrons. The fourth-order valence-electron chi connectivity index (χ4n) is 3.47. The highest BCUT2D eigenvalue weighted by atomic mass is 32.1. The molecular formula is C22H14F2N2S. The van der Waals surface area contributed by atoms with Gasteiger partial charge in [-0.05, 0) is 28.5 Å².